The Kier molecular flexibility index (Phi) is 5.77. The molecule has 0 aliphatic heterocycles. The molecule has 4 nitrogen and oxygen atoms in total. The number of aromatic nitrogens is 2. The summed E-state index contributed by atoms with van der Waals surface area (Å²) in [6.45, 7) is 4.01. The Morgan fingerprint density at radius 3 is 2.80 bits per heavy atom. The first-order valence-electron chi connectivity index (χ1n) is 7.13. The summed E-state index contributed by atoms with van der Waals surface area (Å²) in [5.41, 5.74) is 2.30. The van der Waals surface area contributed by atoms with Gasteiger partial charge in [-0.3, -0.25) is 0 Å². The number of methoxy groups -OCH3 is 1. The fourth-order valence-electron chi connectivity index (χ4n) is 2.09. The predicted molar refractivity (Wildman–Crippen MR) is 81.1 cm³/mol. The van der Waals surface area contributed by atoms with Crippen molar-refractivity contribution in [1.29, 1.82) is 0 Å². The average molecular weight is 273 g/mol. The zero-order valence-corrected chi connectivity index (χ0v) is 12.2. The lowest BCUT2D eigenvalue weighted by molar-refractivity contribution is 0.192. The predicted octanol–water partition coefficient (Wildman–Crippen LogP) is 2.95. The molecule has 20 heavy (non-hydrogen) atoms. The number of hydrogen-bond donors (Lipinski definition) is 1. The summed E-state index contributed by atoms with van der Waals surface area (Å²) >= 11 is 0. The van der Waals surface area contributed by atoms with E-state index in [0.717, 1.165) is 31.7 Å². The minimum Gasteiger partial charge on any atom is -0.385 e. The van der Waals surface area contributed by atoms with Crippen molar-refractivity contribution in [1.82, 2.24) is 15.1 Å². The van der Waals surface area contributed by atoms with Crippen molar-refractivity contribution in [2.24, 2.45) is 0 Å². The molecule has 0 bridgehead atoms. The molecular formula is C16H23N3O. The summed E-state index contributed by atoms with van der Waals surface area (Å²) in [4.78, 5) is 0. The highest BCUT2D eigenvalue weighted by Crippen LogP contribution is 2.14. The van der Waals surface area contributed by atoms with E-state index in [1.807, 2.05) is 29.1 Å². The minimum atomic E-state index is 0.315. The van der Waals surface area contributed by atoms with Crippen LogP contribution in [0.2, 0.25) is 0 Å². The summed E-state index contributed by atoms with van der Waals surface area (Å²) in [5.74, 6) is 0. The quantitative estimate of drug-likeness (QED) is 0.752. The van der Waals surface area contributed by atoms with Gasteiger partial charge in [0.25, 0.3) is 0 Å². The topological polar surface area (TPSA) is 39.1 Å². The van der Waals surface area contributed by atoms with Gasteiger partial charge in [0.2, 0.25) is 0 Å². The molecule has 0 saturated carbocycles. The number of rotatable bonds is 8. The van der Waals surface area contributed by atoms with Gasteiger partial charge in [0.1, 0.15) is 0 Å². The number of ether oxygens (including phenoxy) is 1. The molecule has 1 N–H and O–H groups in total. The van der Waals surface area contributed by atoms with E-state index < -0.39 is 0 Å². The molecule has 0 saturated heterocycles. The average Bonchev–Trinajstić information content (AvgIpc) is 2.98. The van der Waals surface area contributed by atoms with Gasteiger partial charge in [-0.05, 0) is 38.4 Å². The zero-order valence-electron chi connectivity index (χ0n) is 12.2. The molecule has 0 aliphatic rings. The minimum absolute atomic E-state index is 0.315. The van der Waals surface area contributed by atoms with E-state index in [2.05, 4.69) is 35.7 Å². The molecule has 0 radical (unpaired) electrons. The van der Waals surface area contributed by atoms with Crippen LogP contribution < -0.4 is 5.32 Å². The van der Waals surface area contributed by atoms with Crippen molar-refractivity contribution in [3.05, 3.63) is 48.3 Å². The first-order valence-corrected chi connectivity index (χ1v) is 7.13. The number of para-hydroxylation sites is 1. The van der Waals surface area contributed by atoms with E-state index in [1.165, 1.54) is 5.56 Å². The molecule has 0 spiro atoms. The van der Waals surface area contributed by atoms with Crippen LogP contribution in [0.3, 0.4) is 0 Å². The molecule has 0 fully saturated rings. The van der Waals surface area contributed by atoms with Gasteiger partial charge in [0, 0.05) is 31.5 Å². The van der Waals surface area contributed by atoms with Crippen LogP contribution in [0.1, 0.15) is 31.4 Å². The van der Waals surface area contributed by atoms with Crippen LogP contribution in [0.15, 0.2) is 42.7 Å². The van der Waals surface area contributed by atoms with Crippen molar-refractivity contribution < 1.29 is 4.74 Å². The SMILES string of the molecule is COCCCCNC(C)c1cnn(-c2ccccc2)c1. The lowest BCUT2D eigenvalue weighted by atomic mass is 10.2. The Labute approximate surface area is 120 Å². The molecule has 108 valence electrons. The van der Waals surface area contributed by atoms with Crippen LogP contribution in [-0.4, -0.2) is 30.0 Å². The van der Waals surface area contributed by atoms with Crippen molar-refractivity contribution in [3.8, 4) is 5.69 Å². The third-order valence-electron chi connectivity index (χ3n) is 3.35. The lowest BCUT2D eigenvalue weighted by Crippen LogP contribution is -2.19. The number of hydrogen-bond acceptors (Lipinski definition) is 3. The van der Waals surface area contributed by atoms with Crippen molar-refractivity contribution in [2.75, 3.05) is 20.3 Å². The molecule has 1 heterocycles. The summed E-state index contributed by atoms with van der Waals surface area (Å²) < 4.78 is 6.96. The summed E-state index contributed by atoms with van der Waals surface area (Å²) in [7, 11) is 1.74. The van der Waals surface area contributed by atoms with Crippen molar-refractivity contribution in [2.45, 2.75) is 25.8 Å². The molecule has 1 aromatic heterocycles. The largest absolute Gasteiger partial charge is 0.385 e. The molecular weight excluding hydrogens is 250 g/mol. The third kappa shape index (κ3) is 4.18. The second kappa shape index (κ2) is 7.82. The molecule has 4 heteroatoms. The van der Waals surface area contributed by atoms with E-state index in [-0.39, 0.29) is 0 Å². The van der Waals surface area contributed by atoms with Gasteiger partial charge in [0.05, 0.1) is 11.9 Å². The Morgan fingerprint density at radius 2 is 2.05 bits per heavy atom. The fourth-order valence-corrected chi connectivity index (χ4v) is 2.09. The lowest BCUT2D eigenvalue weighted by Gasteiger charge is -2.11. The molecule has 1 atom stereocenters. The second-order valence-electron chi connectivity index (χ2n) is 4.93. The maximum Gasteiger partial charge on any atom is 0.0645 e. The van der Waals surface area contributed by atoms with E-state index in [0.29, 0.717) is 6.04 Å². The maximum atomic E-state index is 5.04. The third-order valence-corrected chi connectivity index (χ3v) is 3.35. The zero-order chi connectivity index (χ0) is 14.2. The van der Waals surface area contributed by atoms with Gasteiger partial charge in [-0.25, -0.2) is 4.68 Å². The highest BCUT2D eigenvalue weighted by atomic mass is 16.5. The van der Waals surface area contributed by atoms with E-state index in [1.54, 1.807) is 7.11 Å². The van der Waals surface area contributed by atoms with Crippen molar-refractivity contribution >= 4 is 0 Å². The Hall–Kier alpha value is -1.65. The fraction of sp³-hybridized carbons (Fsp3) is 0.438. The van der Waals surface area contributed by atoms with Gasteiger partial charge < -0.3 is 10.1 Å². The number of nitrogens with zero attached hydrogens (tertiary/aromatic N) is 2. The normalized spacial score (nSPS) is 12.5. The van der Waals surface area contributed by atoms with Gasteiger partial charge in [-0.2, -0.15) is 5.10 Å². The highest BCUT2D eigenvalue weighted by Gasteiger charge is 2.07. The standard InChI is InChI=1S/C16H23N3O/c1-14(17-10-6-7-11-20-2)15-12-18-19(13-15)16-8-4-3-5-9-16/h3-5,8-9,12-14,17H,6-7,10-11H2,1-2H3. The van der Waals surface area contributed by atoms with Crippen molar-refractivity contribution in [3.63, 3.8) is 0 Å². The van der Waals surface area contributed by atoms with Crippen LogP contribution in [-0.2, 0) is 4.74 Å². The Bertz CT molecular complexity index is 495. The van der Waals surface area contributed by atoms with Gasteiger partial charge in [-0.15, -0.1) is 0 Å². The van der Waals surface area contributed by atoms with Crippen LogP contribution >= 0.6 is 0 Å². The van der Waals surface area contributed by atoms with Crippen LogP contribution in [0.5, 0.6) is 0 Å². The molecule has 1 unspecified atom stereocenters. The number of nitrogens with one attached hydrogen (secondary N) is 1. The van der Waals surface area contributed by atoms with E-state index >= 15 is 0 Å². The van der Waals surface area contributed by atoms with Gasteiger partial charge >= 0.3 is 0 Å². The van der Waals surface area contributed by atoms with Gasteiger partial charge in [-0.1, -0.05) is 18.2 Å². The number of unbranched alkanes of at least 4 members (excludes halogenated alkanes) is 1. The highest BCUT2D eigenvalue weighted by molar-refractivity contribution is 5.31. The van der Waals surface area contributed by atoms with Gasteiger partial charge in [0.15, 0.2) is 0 Å². The van der Waals surface area contributed by atoms with Crippen LogP contribution in [0.25, 0.3) is 5.69 Å². The second-order valence-corrected chi connectivity index (χ2v) is 4.93. The molecule has 0 amide bonds. The molecule has 2 rings (SSSR count). The molecule has 1 aromatic carbocycles. The first kappa shape index (κ1) is 14.8. The number of benzene rings is 1. The van der Waals surface area contributed by atoms with E-state index in [9.17, 15) is 0 Å². The Morgan fingerprint density at radius 1 is 1.25 bits per heavy atom. The first-order chi connectivity index (χ1) is 9.81. The van der Waals surface area contributed by atoms with E-state index in [4.69, 9.17) is 4.74 Å². The smallest absolute Gasteiger partial charge is 0.0645 e. The molecule has 0 aliphatic carbocycles. The maximum absolute atomic E-state index is 5.04. The summed E-state index contributed by atoms with van der Waals surface area (Å²) in [6.07, 6.45) is 6.24. The monoisotopic (exact) mass is 273 g/mol. The van der Waals surface area contributed by atoms with Crippen LogP contribution in [0, 0.1) is 0 Å². The molecule has 2 aromatic rings. The Balaban J connectivity index is 1.85. The summed E-state index contributed by atoms with van der Waals surface area (Å²) in [5, 5.41) is 7.94. The summed E-state index contributed by atoms with van der Waals surface area (Å²) in [6, 6.07) is 10.5. The van der Waals surface area contributed by atoms with Crippen LogP contribution in [0.4, 0.5) is 0 Å².